The standard InChI is InChI=1S/C17H14ClF3N4/c1-10-13(14-7-8-22-16(18)23-14)9-25(24-10)15(17(2,20)21)11-3-5-12(19)6-4-11/h3-9,15H,1-2H3. The van der Waals surface area contributed by atoms with Crippen LogP contribution in [0.2, 0.25) is 5.28 Å². The third kappa shape index (κ3) is 3.66. The van der Waals surface area contributed by atoms with Crippen LogP contribution in [0.1, 0.15) is 24.2 Å². The molecule has 0 amide bonds. The van der Waals surface area contributed by atoms with E-state index in [0.29, 0.717) is 17.0 Å². The molecule has 8 heteroatoms. The van der Waals surface area contributed by atoms with Crippen LogP contribution in [0.3, 0.4) is 0 Å². The summed E-state index contributed by atoms with van der Waals surface area (Å²) < 4.78 is 42.8. The minimum atomic E-state index is -3.11. The molecule has 0 aliphatic carbocycles. The van der Waals surface area contributed by atoms with Crippen molar-refractivity contribution in [1.29, 1.82) is 0 Å². The first-order valence-corrected chi connectivity index (χ1v) is 7.81. The average Bonchev–Trinajstić information content (AvgIpc) is 2.89. The molecular formula is C17H14ClF3N4. The van der Waals surface area contributed by atoms with Crippen LogP contribution in [-0.2, 0) is 0 Å². The van der Waals surface area contributed by atoms with Crippen LogP contribution in [0, 0.1) is 12.7 Å². The van der Waals surface area contributed by atoms with Gasteiger partial charge in [0.2, 0.25) is 5.28 Å². The molecule has 0 fully saturated rings. The van der Waals surface area contributed by atoms with Crippen molar-refractivity contribution < 1.29 is 13.2 Å². The maximum Gasteiger partial charge on any atom is 0.271 e. The first kappa shape index (κ1) is 17.4. The summed E-state index contributed by atoms with van der Waals surface area (Å²) in [7, 11) is 0. The molecule has 0 radical (unpaired) electrons. The summed E-state index contributed by atoms with van der Waals surface area (Å²) >= 11 is 5.79. The van der Waals surface area contributed by atoms with Crippen LogP contribution in [0.4, 0.5) is 13.2 Å². The number of hydrogen-bond donors (Lipinski definition) is 0. The Kier molecular flexibility index (Phi) is 4.51. The molecule has 0 bridgehead atoms. The van der Waals surface area contributed by atoms with Gasteiger partial charge in [0.15, 0.2) is 0 Å². The topological polar surface area (TPSA) is 43.6 Å². The smallest absolute Gasteiger partial charge is 0.258 e. The second-order valence-electron chi connectivity index (χ2n) is 5.73. The Balaban J connectivity index is 2.09. The van der Waals surface area contributed by atoms with Gasteiger partial charge in [0.25, 0.3) is 5.92 Å². The first-order valence-electron chi connectivity index (χ1n) is 7.43. The summed E-state index contributed by atoms with van der Waals surface area (Å²) in [5.41, 5.74) is 1.83. The van der Waals surface area contributed by atoms with Crippen molar-refractivity contribution >= 4 is 11.6 Å². The Morgan fingerprint density at radius 2 is 1.84 bits per heavy atom. The molecule has 2 heterocycles. The highest BCUT2D eigenvalue weighted by atomic mass is 35.5. The van der Waals surface area contributed by atoms with Gasteiger partial charge in [-0.1, -0.05) is 12.1 Å². The van der Waals surface area contributed by atoms with Crippen LogP contribution in [-0.4, -0.2) is 25.7 Å². The van der Waals surface area contributed by atoms with Crippen LogP contribution < -0.4 is 0 Å². The van der Waals surface area contributed by atoms with E-state index in [1.54, 1.807) is 13.0 Å². The minimum absolute atomic E-state index is 0.0561. The van der Waals surface area contributed by atoms with Crippen LogP contribution >= 0.6 is 11.6 Å². The monoisotopic (exact) mass is 366 g/mol. The Labute approximate surface area is 147 Å². The molecule has 0 spiro atoms. The second-order valence-corrected chi connectivity index (χ2v) is 6.07. The highest BCUT2D eigenvalue weighted by Crippen LogP contribution is 2.35. The van der Waals surface area contributed by atoms with Gasteiger partial charge in [-0.15, -0.1) is 0 Å². The maximum atomic E-state index is 14.3. The summed E-state index contributed by atoms with van der Waals surface area (Å²) in [4.78, 5) is 7.89. The minimum Gasteiger partial charge on any atom is -0.258 e. The summed E-state index contributed by atoms with van der Waals surface area (Å²) in [6.07, 6.45) is 2.97. The van der Waals surface area contributed by atoms with Crippen molar-refractivity contribution in [2.45, 2.75) is 25.8 Å². The zero-order chi connectivity index (χ0) is 18.2. The fourth-order valence-electron chi connectivity index (χ4n) is 2.67. The lowest BCUT2D eigenvalue weighted by molar-refractivity contribution is -0.0217. The van der Waals surface area contributed by atoms with E-state index in [9.17, 15) is 13.2 Å². The molecule has 2 aromatic heterocycles. The summed E-state index contributed by atoms with van der Waals surface area (Å²) in [6, 6.07) is 5.20. The van der Waals surface area contributed by atoms with E-state index >= 15 is 0 Å². The molecule has 4 nitrogen and oxygen atoms in total. The molecule has 3 rings (SSSR count). The van der Waals surface area contributed by atoms with Gasteiger partial charge in [-0.25, -0.2) is 23.1 Å². The molecule has 0 aliphatic heterocycles. The average molecular weight is 367 g/mol. The van der Waals surface area contributed by atoms with Crippen LogP contribution in [0.5, 0.6) is 0 Å². The lowest BCUT2D eigenvalue weighted by Crippen LogP contribution is -2.29. The fourth-order valence-corrected chi connectivity index (χ4v) is 2.82. The van der Waals surface area contributed by atoms with E-state index in [1.165, 1.54) is 29.2 Å². The lowest BCUT2D eigenvalue weighted by Gasteiger charge is -2.24. The Bertz CT molecular complexity index is 888. The SMILES string of the molecule is Cc1nn(C(c2ccc(F)cc2)C(C)(F)F)cc1-c1ccnc(Cl)n1. The molecule has 0 saturated heterocycles. The lowest BCUT2D eigenvalue weighted by atomic mass is 10.0. The normalized spacial score (nSPS) is 13.0. The maximum absolute atomic E-state index is 14.3. The molecular weight excluding hydrogens is 353 g/mol. The largest absolute Gasteiger partial charge is 0.271 e. The van der Waals surface area contributed by atoms with E-state index in [0.717, 1.165) is 19.1 Å². The van der Waals surface area contributed by atoms with Crippen molar-refractivity contribution in [2.75, 3.05) is 0 Å². The summed E-state index contributed by atoms with van der Waals surface area (Å²) in [5, 5.41) is 4.28. The summed E-state index contributed by atoms with van der Waals surface area (Å²) in [5.74, 6) is -3.61. The Morgan fingerprint density at radius 3 is 2.44 bits per heavy atom. The van der Waals surface area contributed by atoms with E-state index < -0.39 is 17.8 Å². The predicted molar refractivity (Wildman–Crippen MR) is 88.2 cm³/mol. The zero-order valence-corrected chi connectivity index (χ0v) is 14.2. The molecule has 0 saturated carbocycles. The van der Waals surface area contributed by atoms with Gasteiger partial charge in [-0.3, -0.25) is 4.68 Å². The third-order valence-corrected chi connectivity index (χ3v) is 3.93. The number of alkyl halides is 2. The van der Waals surface area contributed by atoms with Gasteiger partial charge in [0, 0.05) is 24.9 Å². The van der Waals surface area contributed by atoms with Gasteiger partial charge in [0.05, 0.1) is 11.4 Å². The number of nitrogens with zero attached hydrogens (tertiary/aromatic N) is 4. The molecule has 1 unspecified atom stereocenters. The van der Waals surface area contributed by atoms with Gasteiger partial charge < -0.3 is 0 Å². The quantitative estimate of drug-likeness (QED) is 0.629. The molecule has 130 valence electrons. The van der Waals surface area contributed by atoms with Crippen molar-refractivity contribution in [3.05, 3.63) is 65.1 Å². The van der Waals surface area contributed by atoms with Crippen molar-refractivity contribution in [1.82, 2.24) is 19.7 Å². The van der Waals surface area contributed by atoms with E-state index in [2.05, 4.69) is 15.1 Å². The van der Waals surface area contributed by atoms with Gasteiger partial charge >= 0.3 is 0 Å². The van der Waals surface area contributed by atoms with Crippen molar-refractivity contribution in [3.63, 3.8) is 0 Å². The number of hydrogen-bond acceptors (Lipinski definition) is 3. The van der Waals surface area contributed by atoms with Gasteiger partial charge in [-0.05, 0) is 42.3 Å². The number of aromatic nitrogens is 4. The highest BCUT2D eigenvalue weighted by Gasteiger charge is 2.38. The first-order chi connectivity index (χ1) is 11.8. The second kappa shape index (κ2) is 6.48. The highest BCUT2D eigenvalue weighted by molar-refractivity contribution is 6.28. The Morgan fingerprint density at radius 1 is 1.16 bits per heavy atom. The van der Waals surface area contributed by atoms with E-state index in [4.69, 9.17) is 11.6 Å². The van der Waals surface area contributed by atoms with Crippen molar-refractivity contribution in [3.8, 4) is 11.3 Å². The molecule has 1 aromatic carbocycles. The summed E-state index contributed by atoms with van der Waals surface area (Å²) in [6.45, 7) is 2.50. The van der Waals surface area contributed by atoms with E-state index in [-0.39, 0.29) is 10.8 Å². The third-order valence-electron chi connectivity index (χ3n) is 3.75. The number of halogens is 4. The molecule has 0 N–H and O–H groups in total. The Hall–Kier alpha value is -2.41. The van der Waals surface area contributed by atoms with Crippen molar-refractivity contribution in [2.24, 2.45) is 0 Å². The predicted octanol–water partition coefficient (Wildman–Crippen LogP) is 4.69. The number of rotatable bonds is 4. The molecule has 3 aromatic rings. The van der Waals surface area contributed by atoms with E-state index in [1.807, 2.05) is 0 Å². The number of aryl methyl sites for hydroxylation is 1. The molecule has 1 atom stereocenters. The van der Waals surface area contributed by atoms with Crippen LogP contribution in [0.25, 0.3) is 11.3 Å². The van der Waals surface area contributed by atoms with Crippen LogP contribution in [0.15, 0.2) is 42.7 Å². The molecule has 25 heavy (non-hydrogen) atoms. The number of benzene rings is 1. The fraction of sp³-hybridized carbons (Fsp3) is 0.235. The van der Waals surface area contributed by atoms with Gasteiger partial charge in [-0.2, -0.15) is 5.10 Å². The molecule has 0 aliphatic rings. The van der Waals surface area contributed by atoms with Gasteiger partial charge in [0.1, 0.15) is 11.9 Å². The zero-order valence-electron chi connectivity index (χ0n) is 13.4.